The standard InChI is InChI=1S/C14H20O4/c1-4-18-11-8-14(15,9-11)10-5-6-12(16-2)13(7-10)17-3/h5-7,11,15H,4,8-9H2,1-3H3. The predicted octanol–water partition coefficient (Wildman–Crippen LogP) is 2.09. The fraction of sp³-hybridized carbons (Fsp3) is 0.571. The number of benzene rings is 1. The topological polar surface area (TPSA) is 47.9 Å². The van der Waals surface area contributed by atoms with E-state index < -0.39 is 5.60 Å². The first-order valence-corrected chi connectivity index (χ1v) is 6.19. The Morgan fingerprint density at radius 3 is 2.44 bits per heavy atom. The van der Waals surface area contributed by atoms with Crippen molar-refractivity contribution in [1.82, 2.24) is 0 Å². The third-order valence-corrected chi connectivity index (χ3v) is 3.45. The van der Waals surface area contributed by atoms with Crippen LogP contribution in [0.5, 0.6) is 11.5 Å². The zero-order valence-electron chi connectivity index (χ0n) is 11.1. The summed E-state index contributed by atoms with van der Waals surface area (Å²) >= 11 is 0. The number of hydrogen-bond donors (Lipinski definition) is 1. The fourth-order valence-corrected chi connectivity index (χ4v) is 2.41. The van der Waals surface area contributed by atoms with Gasteiger partial charge in [-0.1, -0.05) is 6.07 Å². The molecular formula is C14H20O4. The van der Waals surface area contributed by atoms with Gasteiger partial charge in [0.1, 0.15) is 0 Å². The molecular weight excluding hydrogens is 232 g/mol. The molecule has 1 aromatic carbocycles. The minimum atomic E-state index is -0.792. The summed E-state index contributed by atoms with van der Waals surface area (Å²) in [5.41, 5.74) is 0.0652. The van der Waals surface area contributed by atoms with E-state index in [1.165, 1.54) is 0 Å². The van der Waals surface area contributed by atoms with Crippen LogP contribution in [0.25, 0.3) is 0 Å². The Hall–Kier alpha value is -1.26. The van der Waals surface area contributed by atoms with Gasteiger partial charge in [0.25, 0.3) is 0 Å². The Morgan fingerprint density at radius 2 is 1.89 bits per heavy atom. The van der Waals surface area contributed by atoms with E-state index in [-0.39, 0.29) is 6.10 Å². The number of rotatable bonds is 5. The Balaban J connectivity index is 2.15. The van der Waals surface area contributed by atoms with Gasteiger partial charge >= 0.3 is 0 Å². The second-order valence-electron chi connectivity index (χ2n) is 4.59. The van der Waals surface area contributed by atoms with Crippen LogP contribution in [0.4, 0.5) is 0 Å². The van der Waals surface area contributed by atoms with Gasteiger partial charge in [-0.15, -0.1) is 0 Å². The summed E-state index contributed by atoms with van der Waals surface area (Å²) in [6, 6.07) is 5.53. The highest BCUT2D eigenvalue weighted by atomic mass is 16.5. The molecule has 0 radical (unpaired) electrons. The monoisotopic (exact) mass is 252 g/mol. The van der Waals surface area contributed by atoms with Crippen molar-refractivity contribution in [2.45, 2.75) is 31.5 Å². The van der Waals surface area contributed by atoms with Gasteiger partial charge < -0.3 is 19.3 Å². The van der Waals surface area contributed by atoms with Crippen LogP contribution in [0.2, 0.25) is 0 Å². The summed E-state index contributed by atoms with van der Waals surface area (Å²) in [4.78, 5) is 0. The lowest BCUT2D eigenvalue weighted by Crippen LogP contribution is -2.45. The van der Waals surface area contributed by atoms with Crippen molar-refractivity contribution in [2.24, 2.45) is 0 Å². The third kappa shape index (κ3) is 2.31. The molecule has 0 heterocycles. The number of aliphatic hydroxyl groups is 1. The van der Waals surface area contributed by atoms with E-state index in [0.29, 0.717) is 30.9 Å². The summed E-state index contributed by atoms with van der Waals surface area (Å²) in [6.45, 7) is 2.65. The Kier molecular flexibility index (Phi) is 3.78. The van der Waals surface area contributed by atoms with E-state index in [9.17, 15) is 5.11 Å². The van der Waals surface area contributed by atoms with Crippen LogP contribution < -0.4 is 9.47 Å². The van der Waals surface area contributed by atoms with E-state index in [2.05, 4.69) is 0 Å². The van der Waals surface area contributed by atoms with E-state index >= 15 is 0 Å². The summed E-state index contributed by atoms with van der Waals surface area (Å²) in [6.07, 6.45) is 1.43. The predicted molar refractivity (Wildman–Crippen MR) is 68.1 cm³/mol. The van der Waals surface area contributed by atoms with Gasteiger partial charge in [-0.2, -0.15) is 0 Å². The first-order chi connectivity index (χ1) is 8.62. The van der Waals surface area contributed by atoms with Gasteiger partial charge in [-0.3, -0.25) is 0 Å². The molecule has 0 atom stereocenters. The second-order valence-corrected chi connectivity index (χ2v) is 4.59. The lowest BCUT2D eigenvalue weighted by Gasteiger charge is -2.43. The van der Waals surface area contributed by atoms with Crippen molar-refractivity contribution in [1.29, 1.82) is 0 Å². The van der Waals surface area contributed by atoms with Crippen LogP contribution in [0.3, 0.4) is 0 Å². The van der Waals surface area contributed by atoms with E-state index in [1.54, 1.807) is 14.2 Å². The molecule has 18 heavy (non-hydrogen) atoms. The van der Waals surface area contributed by atoms with Crippen molar-refractivity contribution in [2.75, 3.05) is 20.8 Å². The minimum absolute atomic E-state index is 0.160. The summed E-state index contributed by atoms with van der Waals surface area (Å²) in [7, 11) is 3.19. The highest BCUT2D eigenvalue weighted by Gasteiger charge is 2.44. The van der Waals surface area contributed by atoms with Gasteiger partial charge in [0, 0.05) is 19.4 Å². The van der Waals surface area contributed by atoms with Gasteiger partial charge in [0.05, 0.1) is 25.9 Å². The Bertz CT molecular complexity index is 410. The van der Waals surface area contributed by atoms with Crippen molar-refractivity contribution >= 4 is 0 Å². The Labute approximate surface area is 107 Å². The molecule has 0 saturated heterocycles. The molecule has 2 rings (SSSR count). The van der Waals surface area contributed by atoms with E-state index in [4.69, 9.17) is 14.2 Å². The molecule has 1 N–H and O–H groups in total. The average Bonchev–Trinajstić information content (AvgIpc) is 2.36. The van der Waals surface area contributed by atoms with Gasteiger partial charge in [-0.25, -0.2) is 0 Å². The summed E-state index contributed by atoms with van der Waals surface area (Å²) in [5, 5.41) is 10.5. The van der Waals surface area contributed by atoms with Gasteiger partial charge in [0.15, 0.2) is 11.5 Å². The molecule has 0 aromatic heterocycles. The molecule has 0 aliphatic heterocycles. The molecule has 1 aliphatic rings. The largest absolute Gasteiger partial charge is 0.493 e. The molecule has 0 amide bonds. The molecule has 1 aliphatic carbocycles. The fourth-order valence-electron chi connectivity index (χ4n) is 2.41. The SMILES string of the molecule is CCOC1CC(O)(c2ccc(OC)c(OC)c2)C1. The molecule has 100 valence electrons. The zero-order chi connectivity index (χ0) is 13.2. The zero-order valence-corrected chi connectivity index (χ0v) is 11.1. The molecule has 1 aromatic rings. The van der Waals surface area contributed by atoms with Crippen LogP contribution >= 0.6 is 0 Å². The van der Waals surface area contributed by atoms with Crippen molar-refractivity contribution in [3.63, 3.8) is 0 Å². The van der Waals surface area contributed by atoms with Crippen LogP contribution in [0, 0.1) is 0 Å². The molecule has 0 spiro atoms. The van der Waals surface area contributed by atoms with Crippen molar-refractivity contribution < 1.29 is 19.3 Å². The second kappa shape index (κ2) is 5.16. The maximum absolute atomic E-state index is 10.5. The molecule has 1 saturated carbocycles. The number of methoxy groups -OCH3 is 2. The van der Waals surface area contributed by atoms with Crippen molar-refractivity contribution in [3.8, 4) is 11.5 Å². The Morgan fingerprint density at radius 1 is 1.22 bits per heavy atom. The summed E-state index contributed by atoms with van der Waals surface area (Å²) in [5.74, 6) is 1.31. The first-order valence-electron chi connectivity index (χ1n) is 6.19. The van der Waals surface area contributed by atoms with Crippen LogP contribution in [0.15, 0.2) is 18.2 Å². The van der Waals surface area contributed by atoms with E-state index in [1.807, 2.05) is 25.1 Å². The highest BCUT2D eigenvalue weighted by Crippen LogP contribution is 2.45. The molecule has 0 unspecified atom stereocenters. The van der Waals surface area contributed by atoms with Crippen LogP contribution in [-0.4, -0.2) is 32.0 Å². The lowest BCUT2D eigenvalue weighted by atomic mass is 9.73. The minimum Gasteiger partial charge on any atom is -0.493 e. The maximum Gasteiger partial charge on any atom is 0.161 e. The number of hydrogen-bond acceptors (Lipinski definition) is 4. The third-order valence-electron chi connectivity index (χ3n) is 3.45. The molecule has 4 heteroatoms. The average molecular weight is 252 g/mol. The molecule has 1 fully saturated rings. The quantitative estimate of drug-likeness (QED) is 0.871. The number of ether oxygens (including phenoxy) is 3. The molecule has 0 bridgehead atoms. The van der Waals surface area contributed by atoms with Gasteiger partial charge in [0.2, 0.25) is 0 Å². The van der Waals surface area contributed by atoms with E-state index in [0.717, 1.165) is 5.56 Å². The smallest absolute Gasteiger partial charge is 0.161 e. The summed E-state index contributed by atoms with van der Waals surface area (Å²) < 4.78 is 15.9. The van der Waals surface area contributed by atoms with Crippen LogP contribution in [-0.2, 0) is 10.3 Å². The first kappa shape index (κ1) is 13.2. The van der Waals surface area contributed by atoms with Crippen molar-refractivity contribution in [3.05, 3.63) is 23.8 Å². The normalized spacial score (nSPS) is 26.6. The maximum atomic E-state index is 10.5. The lowest BCUT2D eigenvalue weighted by molar-refractivity contribution is -0.142. The highest BCUT2D eigenvalue weighted by molar-refractivity contribution is 5.45. The molecule has 4 nitrogen and oxygen atoms in total. The van der Waals surface area contributed by atoms with Gasteiger partial charge in [-0.05, 0) is 24.6 Å². The van der Waals surface area contributed by atoms with Crippen LogP contribution in [0.1, 0.15) is 25.3 Å².